The standard InChI is InChI=1S/C18H23NO2/c20-16(19-11-13-4-2-1-3-5-13)17-7-14-6-15(8-17)10-18(21,9-14)12-17/h1-5,14-15,21H,6-12H2,(H,19,20). The number of benzene rings is 1. The Labute approximate surface area is 125 Å². The Balaban J connectivity index is 1.49. The number of nitrogens with one attached hydrogen (secondary N) is 1. The van der Waals surface area contributed by atoms with E-state index in [4.69, 9.17) is 0 Å². The number of carbonyl (C=O) groups is 1. The average Bonchev–Trinajstić information content (AvgIpc) is 2.43. The van der Waals surface area contributed by atoms with Crippen LogP contribution in [0, 0.1) is 17.3 Å². The van der Waals surface area contributed by atoms with Crippen LogP contribution in [-0.2, 0) is 11.3 Å². The minimum atomic E-state index is -0.561. The zero-order valence-corrected chi connectivity index (χ0v) is 12.3. The largest absolute Gasteiger partial charge is 0.390 e. The van der Waals surface area contributed by atoms with Crippen LogP contribution in [0.4, 0.5) is 0 Å². The summed E-state index contributed by atoms with van der Waals surface area (Å²) in [5, 5.41) is 13.8. The van der Waals surface area contributed by atoms with Gasteiger partial charge in [-0.3, -0.25) is 4.79 Å². The highest BCUT2D eigenvalue weighted by molar-refractivity contribution is 5.83. The van der Waals surface area contributed by atoms with E-state index in [1.807, 2.05) is 30.3 Å². The highest BCUT2D eigenvalue weighted by Gasteiger charge is 2.59. The Morgan fingerprint density at radius 3 is 2.43 bits per heavy atom. The third-order valence-corrected chi connectivity index (χ3v) is 5.81. The molecule has 2 atom stereocenters. The molecule has 0 spiro atoms. The lowest BCUT2D eigenvalue weighted by molar-refractivity contribution is -0.178. The van der Waals surface area contributed by atoms with Gasteiger partial charge in [-0.1, -0.05) is 30.3 Å². The number of rotatable bonds is 3. The molecule has 5 rings (SSSR count). The number of aliphatic hydroxyl groups is 1. The van der Waals surface area contributed by atoms with Gasteiger partial charge in [0, 0.05) is 6.54 Å². The first kappa shape index (κ1) is 13.3. The minimum Gasteiger partial charge on any atom is -0.390 e. The molecule has 0 aliphatic heterocycles. The Morgan fingerprint density at radius 1 is 1.14 bits per heavy atom. The first-order chi connectivity index (χ1) is 10.1. The summed E-state index contributed by atoms with van der Waals surface area (Å²) in [5.41, 5.74) is 0.274. The summed E-state index contributed by atoms with van der Waals surface area (Å²) in [4.78, 5) is 12.8. The second-order valence-electron chi connectivity index (χ2n) is 7.63. The number of hydrogen-bond acceptors (Lipinski definition) is 2. The van der Waals surface area contributed by atoms with Crippen LogP contribution in [0.25, 0.3) is 0 Å². The summed E-state index contributed by atoms with van der Waals surface area (Å²) in [6.07, 6.45) is 5.68. The Kier molecular flexibility index (Phi) is 2.90. The fourth-order valence-corrected chi connectivity index (χ4v) is 5.45. The molecule has 0 aromatic heterocycles. The lowest BCUT2D eigenvalue weighted by Gasteiger charge is -2.59. The number of amides is 1. The van der Waals surface area contributed by atoms with Crippen LogP contribution >= 0.6 is 0 Å². The summed E-state index contributed by atoms with van der Waals surface area (Å²) in [7, 11) is 0. The number of hydrogen-bond donors (Lipinski definition) is 2. The molecule has 0 heterocycles. The summed E-state index contributed by atoms with van der Waals surface area (Å²) >= 11 is 0. The van der Waals surface area contributed by atoms with Gasteiger partial charge in [0.2, 0.25) is 5.91 Å². The van der Waals surface area contributed by atoms with E-state index < -0.39 is 5.60 Å². The highest BCUT2D eigenvalue weighted by atomic mass is 16.3. The van der Waals surface area contributed by atoms with Gasteiger partial charge in [0.05, 0.1) is 11.0 Å². The molecular formula is C18H23NO2. The second kappa shape index (κ2) is 4.57. The van der Waals surface area contributed by atoms with Crippen molar-refractivity contribution < 1.29 is 9.90 Å². The van der Waals surface area contributed by atoms with Gasteiger partial charge >= 0.3 is 0 Å². The maximum atomic E-state index is 12.8. The Hall–Kier alpha value is -1.35. The maximum absolute atomic E-state index is 12.8. The molecule has 3 nitrogen and oxygen atoms in total. The van der Waals surface area contributed by atoms with Crippen molar-refractivity contribution in [1.82, 2.24) is 5.32 Å². The molecule has 4 fully saturated rings. The highest BCUT2D eigenvalue weighted by Crippen LogP contribution is 2.61. The van der Waals surface area contributed by atoms with Crippen molar-refractivity contribution in [1.29, 1.82) is 0 Å². The molecule has 1 amide bonds. The molecule has 4 bridgehead atoms. The van der Waals surface area contributed by atoms with Crippen LogP contribution in [0.5, 0.6) is 0 Å². The van der Waals surface area contributed by atoms with Crippen molar-refractivity contribution in [3.8, 4) is 0 Å². The van der Waals surface area contributed by atoms with Crippen LogP contribution in [-0.4, -0.2) is 16.6 Å². The summed E-state index contributed by atoms with van der Waals surface area (Å²) in [6, 6.07) is 10.0. The third kappa shape index (κ3) is 2.28. The predicted octanol–water partition coefficient (Wildman–Crippen LogP) is 2.63. The maximum Gasteiger partial charge on any atom is 0.226 e. The van der Waals surface area contributed by atoms with Gasteiger partial charge in [-0.2, -0.15) is 0 Å². The van der Waals surface area contributed by atoms with Crippen molar-refractivity contribution >= 4 is 5.91 Å². The van der Waals surface area contributed by atoms with Crippen molar-refractivity contribution in [2.45, 2.75) is 50.7 Å². The van der Waals surface area contributed by atoms with Crippen LogP contribution in [0.2, 0.25) is 0 Å². The smallest absolute Gasteiger partial charge is 0.226 e. The fourth-order valence-electron chi connectivity index (χ4n) is 5.45. The monoisotopic (exact) mass is 285 g/mol. The SMILES string of the molecule is O=C(NCc1ccccc1)C12CC3CC(CC(O)(C3)C1)C2. The van der Waals surface area contributed by atoms with Crippen LogP contribution in [0.15, 0.2) is 30.3 Å². The molecule has 1 aromatic carbocycles. The van der Waals surface area contributed by atoms with Gasteiger partial charge in [0.1, 0.15) is 0 Å². The van der Waals surface area contributed by atoms with Crippen molar-refractivity contribution in [2.24, 2.45) is 17.3 Å². The summed E-state index contributed by atoms with van der Waals surface area (Å²) in [6.45, 7) is 0.592. The van der Waals surface area contributed by atoms with E-state index in [-0.39, 0.29) is 11.3 Å². The molecule has 1 aromatic rings. The molecule has 0 saturated heterocycles. The van der Waals surface area contributed by atoms with Crippen LogP contribution < -0.4 is 5.32 Å². The molecule has 4 aliphatic carbocycles. The van der Waals surface area contributed by atoms with Crippen LogP contribution in [0.3, 0.4) is 0 Å². The van der Waals surface area contributed by atoms with Crippen molar-refractivity contribution in [2.75, 3.05) is 0 Å². The van der Waals surface area contributed by atoms with Gasteiger partial charge < -0.3 is 10.4 Å². The normalized spacial score (nSPS) is 40.2. The van der Waals surface area contributed by atoms with Crippen molar-refractivity contribution in [3.05, 3.63) is 35.9 Å². The first-order valence-corrected chi connectivity index (χ1v) is 8.12. The van der Waals surface area contributed by atoms with E-state index in [9.17, 15) is 9.90 Å². The fraction of sp³-hybridized carbons (Fsp3) is 0.611. The second-order valence-corrected chi connectivity index (χ2v) is 7.63. The molecule has 4 aliphatic rings. The Morgan fingerprint density at radius 2 is 1.81 bits per heavy atom. The minimum absolute atomic E-state index is 0.166. The summed E-state index contributed by atoms with van der Waals surface area (Å²) in [5.74, 6) is 1.27. The van der Waals surface area contributed by atoms with Gasteiger partial charge in [-0.25, -0.2) is 0 Å². The zero-order valence-electron chi connectivity index (χ0n) is 12.3. The van der Waals surface area contributed by atoms with Crippen LogP contribution in [0.1, 0.15) is 44.1 Å². The molecule has 3 heteroatoms. The Bertz CT molecular complexity index is 540. The zero-order chi connectivity index (χ0) is 14.5. The first-order valence-electron chi connectivity index (χ1n) is 8.12. The quantitative estimate of drug-likeness (QED) is 0.897. The van der Waals surface area contributed by atoms with E-state index in [0.717, 1.165) is 31.2 Å². The van der Waals surface area contributed by atoms with E-state index in [1.165, 1.54) is 6.42 Å². The average molecular weight is 285 g/mol. The van der Waals surface area contributed by atoms with Gasteiger partial charge in [-0.15, -0.1) is 0 Å². The molecule has 112 valence electrons. The van der Waals surface area contributed by atoms with Gasteiger partial charge in [0.15, 0.2) is 0 Å². The predicted molar refractivity (Wildman–Crippen MR) is 80.4 cm³/mol. The third-order valence-electron chi connectivity index (χ3n) is 5.81. The molecule has 0 radical (unpaired) electrons. The topological polar surface area (TPSA) is 49.3 Å². The van der Waals surface area contributed by atoms with E-state index in [1.54, 1.807) is 0 Å². The van der Waals surface area contributed by atoms with E-state index in [2.05, 4.69) is 5.32 Å². The number of carbonyl (C=O) groups excluding carboxylic acids is 1. The summed E-state index contributed by atoms with van der Waals surface area (Å²) < 4.78 is 0. The van der Waals surface area contributed by atoms with E-state index in [0.29, 0.717) is 24.8 Å². The van der Waals surface area contributed by atoms with Crippen molar-refractivity contribution in [3.63, 3.8) is 0 Å². The lowest BCUT2D eigenvalue weighted by Crippen LogP contribution is -2.60. The lowest BCUT2D eigenvalue weighted by atomic mass is 9.47. The molecule has 21 heavy (non-hydrogen) atoms. The molecular weight excluding hydrogens is 262 g/mol. The molecule has 2 N–H and O–H groups in total. The van der Waals surface area contributed by atoms with E-state index >= 15 is 0 Å². The molecule has 2 unspecified atom stereocenters. The van der Waals surface area contributed by atoms with Gasteiger partial charge in [-0.05, 0) is 55.9 Å². The van der Waals surface area contributed by atoms with Gasteiger partial charge in [0.25, 0.3) is 0 Å². The molecule has 4 saturated carbocycles.